The Labute approximate surface area is 185 Å². The number of nitro benzene ring substituents is 1. The molecule has 0 aliphatic heterocycles. The lowest BCUT2D eigenvalue weighted by molar-refractivity contribution is -0.384. The average molecular weight is 494 g/mol. The molecule has 0 spiro atoms. The summed E-state index contributed by atoms with van der Waals surface area (Å²) in [6.45, 7) is 0.324. The van der Waals surface area contributed by atoms with Crippen LogP contribution >= 0.6 is 27.5 Å². The molecule has 0 saturated heterocycles. The van der Waals surface area contributed by atoms with E-state index in [9.17, 15) is 14.5 Å². The second kappa shape index (κ2) is 10.2. The van der Waals surface area contributed by atoms with Crippen molar-refractivity contribution in [2.75, 3.05) is 0 Å². The molecule has 0 aliphatic carbocycles. The van der Waals surface area contributed by atoms with E-state index in [0.717, 1.165) is 5.56 Å². The molecule has 0 bridgehead atoms. The zero-order valence-corrected chi connectivity index (χ0v) is 17.8. The van der Waals surface area contributed by atoms with Gasteiger partial charge >= 0.3 is 0 Å². The molecule has 3 rings (SSSR count). The Morgan fingerprint density at radius 3 is 2.57 bits per heavy atom. The summed E-state index contributed by atoms with van der Waals surface area (Å²) in [7, 11) is 0. The summed E-state index contributed by atoms with van der Waals surface area (Å²) < 4.78 is 19.3. The monoisotopic (exact) mass is 492 g/mol. The third kappa shape index (κ3) is 6.01. The van der Waals surface area contributed by atoms with Gasteiger partial charge in [0, 0.05) is 12.1 Å². The van der Waals surface area contributed by atoms with Crippen LogP contribution in [0.25, 0.3) is 0 Å². The number of benzene rings is 3. The van der Waals surface area contributed by atoms with Gasteiger partial charge in [-0.15, -0.1) is 0 Å². The van der Waals surface area contributed by atoms with Crippen LogP contribution < -0.4 is 4.74 Å². The summed E-state index contributed by atoms with van der Waals surface area (Å²) in [4.78, 5) is 15.5. The summed E-state index contributed by atoms with van der Waals surface area (Å²) in [5.74, 6) is 0.143. The fourth-order valence-corrected chi connectivity index (χ4v) is 3.49. The lowest BCUT2D eigenvalue weighted by atomic mass is 10.2. The SMILES string of the molecule is O=[N+]([O-])c1cccc(CO/N=C\c2cc(Cl)c(OCc3ccc(F)cc3)c(Br)c2)c1. The van der Waals surface area contributed by atoms with Gasteiger partial charge in [-0.2, -0.15) is 0 Å². The van der Waals surface area contributed by atoms with Crippen molar-refractivity contribution in [3.8, 4) is 5.75 Å². The second-order valence-electron chi connectivity index (χ2n) is 6.16. The maximum atomic E-state index is 13.0. The molecular formula is C21H15BrClFN2O4. The molecule has 0 amide bonds. The topological polar surface area (TPSA) is 74.0 Å². The van der Waals surface area contributed by atoms with Crippen LogP contribution in [0.1, 0.15) is 16.7 Å². The fourth-order valence-electron chi connectivity index (χ4n) is 2.50. The molecule has 6 nitrogen and oxygen atoms in total. The average Bonchev–Trinajstić information content (AvgIpc) is 2.72. The quantitative estimate of drug-likeness (QED) is 0.210. The molecule has 0 heterocycles. The maximum absolute atomic E-state index is 13.0. The highest BCUT2D eigenvalue weighted by atomic mass is 79.9. The first-order chi connectivity index (χ1) is 14.4. The van der Waals surface area contributed by atoms with Crippen LogP contribution in [0.15, 0.2) is 70.3 Å². The largest absolute Gasteiger partial charge is 0.486 e. The molecule has 0 aromatic heterocycles. The standard InChI is InChI=1S/C21H15BrClFN2O4/c22-19-9-16(11-25-30-13-15-2-1-3-18(8-15)26(27)28)10-20(23)21(19)29-12-14-4-6-17(24)7-5-14/h1-11H,12-13H2/b25-11-. The molecule has 0 N–H and O–H groups in total. The predicted molar refractivity (Wildman–Crippen MR) is 115 cm³/mol. The van der Waals surface area contributed by atoms with E-state index in [1.165, 1.54) is 30.5 Å². The molecule has 30 heavy (non-hydrogen) atoms. The van der Waals surface area contributed by atoms with Crippen LogP contribution in [0.2, 0.25) is 5.02 Å². The summed E-state index contributed by atoms with van der Waals surface area (Å²) in [5.41, 5.74) is 2.09. The molecule has 0 fully saturated rings. The molecule has 0 atom stereocenters. The van der Waals surface area contributed by atoms with E-state index in [1.54, 1.807) is 36.4 Å². The van der Waals surface area contributed by atoms with Crippen LogP contribution in [0, 0.1) is 15.9 Å². The van der Waals surface area contributed by atoms with Gasteiger partial charge in [0.1, 0.15) is 19.0 Å². The van der Waals surface area contributed by atoms with Gasteiger partial charge in [-0.3, -0.25) is 10.1 Å². The molecule has 0 radical (unpaired) electrons. The van der Waals surface area contributed by atoms with Crippen LogP contribution in [-0.2, 0) is 18.1 Å². The van der Waals surface area contributed by atoms with Crippen LogP contribution in [0.3, 0.4) is 0 Å². The first-order valence-corrected chi connectivity index (χ1v) is 9.84. The lowest BCUT2D eigenvalue weighted by Gasteiger charge is -2.11. The Bertz CT molecular complexity index is 1050. The van der Waals surface area contributed by atoms with Crippen LogP contribution in [0.5, 0.6) is 5.75 Å². The summed E-state index contributed by atoms with van der Waals surface area (Å²) in [5, 5.41) is 15.0. The Kier molecular flexibility index (Phi) is 7.37. The Hall–Kier alpha value is -2.97. The number of hydrogen-bond acceptors (Lipinski definition) is 5. The van der Waals surface area contributed by atoms with Gasteiger partial charge in [0.2, 0.25) is 0 Å². The second-order valence-corrected chi connectivity index (χ2v) is 7.43. The highest BCUT2D eigenvalue weighted by Crippen LogP contribution is 2.34. The number of nitrogens with zero attached hydrogens (tertiary/aromatic N) is 2. The van der Waals surface area contributed by atoms with Gasteiger partial charge < -0.3 is 9.57 Å². The van der Waals surface area contributed by atoms with Gasteiger partial charge in [0.05, 0.1) is 20.6 Å². The predicted octanol–water partition coefficient (Wildman–Crippen LogP) is 6.28. The Balaban J connectivity index is 1.59. The van der Waals surface area contributed by atoms with E-state index in [1.807, 2.05) is 0 Å². The molecule has 154 valence electrons. The van der Waals surface area contributed by atoms with E-state index in [2.05, 4.69) is 21.1 Å². The van der Waals surface area contributed by atoms with Crippen molar-refractivity contribution in [1.82, 2.24) is 0 Å². The molecule has 3 aromatic carbocycles. The van der Waals surface area contributed by atoms with Crippen molar-refractivity contribution >= 4 is 39.4 Å². The molecule has 9 heteroatoms. The molecule has 0 unspecified atom stereocenters. The number of hydrogen-bond donors (Lipinski definition) is 0. The van der Waals surface area contributed by atoms with Crippen molar-refractivity contribution in [3.63, 3.8) is 0 Å². The van der Waals surface area contributed by atoms with Gasteiger partial charge in [0.25, 0.3) is 5.69 Å². The van der Waals surface area contributed by atoms with Gasteiger partial charge in [-0.05, 0) is 56.9 Å². The third-order valence-electron chi connectivity index (χ3n) is 3.95. The van der Waals surface area contributed by atoms with E-state index in [0.29, 0.717) is 26.4 Å². The van der Waals surface area contributed by atoms with Crippen LogP contribution in [-0.4, -0.2) is 11.1 Å². The van der Waals surface area contributed by atoms with E-state index in [-0.39, 0.29) is 24.7 Å². The smallest absolute Gasteiger partial charge is 0.269 e. The Morgan fingerprint density at radius 2 is 1.87 bits per heavy atom. The third-order valence-corrected chi connectivity index (χ3v) is 4.82. The number of rotatable bonds is 8. The highest BCUT2D eigenvalue weighted by Gasteiger charge is 2.10. The first-order valence-electron chi connectivity index (χ1n) is 8.67. The van der Waals surface area contributed by atoms with Crippen molar-refractivity contribution in [3.05, 3.63) is 103 Å². The minimum atomic E-state index is -0.466. The minimum Gasteiger partial charge on any atom is -0.486 e. The Morgan fingerprint density at radius 1 is 1.10 bits per heavy atom. The van der Waals surface area contributed by atoms with Crippen molar-refractivity contribution in [1.29, 1.82) is 0 Å². The number of nitro groups is 1. The molecular weight excluding hydrogens is 479 g/mol. The lowest BCUT2D eigenvalue weighted by Crippen LogP contribution is -1.98. The number of oxime groups is 1. The minimum absolute atomic E-state index is 0.00739. The first kappa shape index (κ1) is 21.7. The number of halogens is 3. The zero-order chi connectivity index (χ0) is 21.5. The van der Waals surface area contributed by atoms with Crippen molar-refractivity contribution in [2.24, 2.45) is 5.16 Å². The molecule has 0 saturated carbocycles. The van der Waals surface area contributed by atoms with Gasteiger partial charge in [-0.1, -0.05) is 41.0 Å². The number of non-ortho nitro benzene ring substituents is 1. The van der Waals surface area contributed by atoms with Crippen molar-refractivity contribution < 1.29 is 18.9 Å². The normalized spacial score (nSPS) is 10.9. The van der Waals surface area contributed by atoms with E-state index < -0.39 is 4.92 Å². The highest BCUT2D eigenvalue weighted by molar-refractivity contribution is 9.10. The molecule has 0 aliphatic rings. The number of ether oxygens (including phenoxy) is 1. The summed E-state index contributed by atoms with van der Waals surface area (Å²) in [6.07, 6.45) is 1.47. The zero-order valence-electron chi connectivity index (χ0n) is 15.4. The summed E-state index contributed by atoms with van der Waals surface area (Å²) in [6, 6.07) is 15.5. The van der Waals surface area contributed by atoms with Gasteiger partial charge in [0.15, 0.2) is 5.75 Å². The van der Waals surface area contributed by atoms with Gasteiger partial charge in [-0.25, -0.2) is 4.39 Å². The van der Waals surface area contributed by atoms with E-state index in [4.69, 9.17) is 21.2 Å². The van der Waals surface area contributed by atoms with Crippen molar-refractivity contribution in [2.45, 2.75) is 13.2 Å². The molecule has 3 aromatic rings. The maximum Gasteiger partial charge on any atom is 0.269 e. The van der Waals surface area contributed by atoms with Crippen LogP contribution in [0.4, 0.5) is 10.1 Å². The fraction of sp³-hybridized carbons (Fsp3) is 0.0952. The van der Waals surface area contributed by atoms with E-state index >= 15 is 0 Å². The summed E-state index contributed by atoms with van der Waals surface area (Å²) >= 11 is 9.72.